The van der Waals surface area contributed by atoms with Crippen molar-refractivity contribution in [2.24, 2.45) is 0 Å². The molecule has 0 saturated heterocycles. The van der Waals surface area contributed by atoms with Crippen LogP contribution in [0.3, 0.4) is 0 Å². The second-order valence-corrected chi connectivity index (χ2v) is 5.69. The van der Waals surface area contributed by atoms with E-state index in [1.807, 2.05) is 36.4 Å². The van der Waals surface area contributed by atoms with Gasteiger partial charge in [0.15, 0.2) is 0 Å². The van der Waals surface area contributed by atoms with Gasteiger partial charge in [0, 0.05) is 4.90 Å². The first-order valence-electron chi connectivity index (χ1n) is 5.31. The SMILES string of the molecule is O=S(/C(Cl)=C1/C=CCCC1)c1ccccc1. The van der Waals surface area contributed by atoms with Crippen LogP contribution < -0.4 is 0 Å². The molecule has 84 valence electrons. The molecule has 0 heterocycles. The largest absolute Gasteiger partial charge is 0.248 e. The van der Waals surface area contributed by atoms with Crippen molar-refractivity contribution >= 4 is 22.4 Å². The van der Waals surface area contributed by atoms with Gasteiger partial charge < -0.3 is 0 Å². The van der Waals surface area contributed by atoms with Crippen LogP contribution in [-0.2, 0) is 10.8 Å². The van der Waals surface area contributed by atoms with E-state index in [1.54, 1.807) is 0 Å². The van der Waals surface area contributed by atoms with Gasteiger partial charge in [-0.15, -0.1) is 0 Å². The maximum absolute atomic E-state index is 12.1. The zero-order valence-corrected chi connectivity index (χ0v) is 10.4. The summed E-state index contributed by atoms with van der Waals surface area (Å²) in [5.41, 5.74) is 1.01. The molecule has 0 aliphatic heterocycles. The minimum absolute atomic E-state index is 0.474. The third-order valence-corrected chi connectivity index (χ3v) is 4.46. The molecule has 0 spiro atoms. The van der Waals surface area contributed by atoms with E-state index < -0.39 is 10.8 Å². The summed E-state index contributed by atoms with van der Waals surface area (Å²) in [7, 11) is -1.23. The van der Waals surface area contributed by atoms with Gasteiger partial charge in [0.2, 0.25) is 0 Å². The summed E-state index contributed by atoms with van der Waals surface area (Å²) in [5, 5.41) is 0. The molecule has 1 aromatic carbocycles. The smallest absolute Gasteiger partial charge is 0.113 e. The zero-order valence-electron chi connectivity index (χ0n) is 8.86. The van der Waals surface area contributed by atoms with E-state index in [2.05, 4.69) is 6.08 Å². The van der Waals surface area contributed by atoms with Crippen LogP contribution >= 0.6 is 11.6 Å². The first kappa shape index (κ1) is 11.6. The molecule has 0 fully saturated rings. The lowest BCUT2D eigenvalue weighted by Gasteiger charge is -2.10. The van der Waals surface area contributed by atoms with Gasteiger partial charge in [-0.2, -0.15) is 0 Å². The Labute approximate surface area is 103 Å². The van der Waals surface area contributed by atoms with Crippen LogP contribution in [0.25, 0.3) is 0 Å². The molecule has 1 aliphatic carbocycles. The Morgan fingerprint density at radius 2 is 2.00 bits per heavy atom. The third-order valence-electron chi connectivity index (χ3n) is 2.51. The fraction of sp³-hybridized carbons (Fsp3) is 0.231. The summed E-state index contributed by atoms with van der Waals surface area (Å²) in [6, 6.07) is 9.33. The van der Waals surface area contributed by atoms with Crippen molar-refractivity contribution < 1.29 is 4.21 Å². The van der Waals surface area contributed by atoms with Crippen molar-refractivity contribution in [3.05, 3.63) is 52.4 Å². The lowest BCUT2D eigenvalue weighted by molar-refractivity contribution is 0.687. The number of hydrogen-bond donors (Lipinski definition) is 0. The van der Waals surface area contributed by atoms with E-state index in [0.29, 0.717) is 4.36 Å². The van der Waals surface area contributed by atoms with Gasteiger partial charge in [-0.25, -0.2) is 4.21 Å². The van der Waals surface area contributed by atoms with Gasteiger partial charge in [0.05, 0.1) is 10.8 Å². The minimum Gasteiger partial charge on any atom is -0.248 e. The molecule has 1 unspecified atom stereocenters. The van der Waals surface area contributed by atoms with Gasteiger partial charge >= 0.3 is 0 Å². The molecule has 2 rings (SSSR count). The molecule has 1 nitrogen and oxygen atoms in total. The van der Waals surface area contributed by atoms with Gasteiger partial charge in [-0.3, -0.25) is 0 Å². The Morgan fingerprint density at radius 3 is 2.62 bits per heavy atom. The van der Waals surface area contributed by atoms with Gasteiger partial charge in [-0.05, 0) is 37.0 Å². The first-order chi connectivity index (χ1) is 7.79. The standard InChI is InChI=1S/C13H13ClOS/c14-13(11-7-3-1-4-8-11)16(15)12-9-5-2-6-10-12/h2-3,5-7,9-10H,1,4,8H2/b13-11-. The van der Waals surface area contributed by atoms with Crippen LogP contribution in [0.4, 0.5) is 0 Å². The summed E-state index contributed by atoms with van der Waals surface area (Å²) < 4.78 is 12.6. The van der Waals surface area contributed by atoms with Gasteiger partial charge in [-0.1, -0.05) is 42.0 Å². The highest BCUT2D eigenvalue weighted by Gasteiger charge is 2.13. The second kappa shape index (κ2) is 5.46. The van der Waals surface area contributed by atoms with Crippen molar-refractivity contribution in [1.29, 1.82) is 0 Å². The summed E-state index contributed by atoms with van der Waals surface area (Å²) in [5.74, 6) is 0. The highest BCUT2D eigenvalue weighted by atomic mass is 35.5. The first-order valence-corrected chi connectivity index (χ1v) is 6.84. The van der Waals surface area contributed by atoms with E-state index in [4.69, 9.17) is 11.6 Å². The molecule has 0 amide bonds. The number of rotatable bonds is 2. The Balaban J connectivity index is 2.28. The van der Waals surface area contributed by atoms with Crippen LogP contribution in [0.5, 0.6) is 0 Å². The average molecular weight is 253 g/mol. The highest BCUT2D eigenvalue weighted by Crippen LogP contribution is 2.27. The molecule has 1 atom stereocenters. The summed E-state index contributed by atoms with van der Waals surface area (Å²) in [4.78, 5) is 0.763. The summed E-state index contributed by atoms with van der Waals surface area (Å²) in [6.07, 6.45) is 7.18. The van der Waals surface area contributed by atoms with E-state index in [1.165, 1.54) is 0 Å². The third kappa shape index (κ3) is 2.63. The normalized spacial score (nSPS) is 20.6. The van der Waals surface area contributed by atoms with Crippen molar-refractivity contribution in [2.45, 2.75) is 24.2 Å². The van der Waals surface area contributed by atoms with Crippen molar-refractivity contribution in [2.75, 3.05) is 0 Å². The quantitative estimate of drug-likeness (QED) is 0.778. The van der Waals surface area contributed by atoms with E-state index in [0.717, 1.165) is 29.7 Å². The van der Waals surface area contributed by atoms with Crippen LogP contribution in [-0.4, -0.2) is 4.21 Å². The van der Waals surface area contributed by atoms with Crippen molar-refractivity contribution in [3.8, 4) is 0 Å². The molecular weight excluding hydrogens is 240 g/mol. The lowest BCUT2D eigenvalue weighted by Crippen LogP contribution is -1.97. The summed E-state index contributed by atoms with van der Waals surface area (Å²) >= 11 is 6.17. The minimum atomic E-state index is -1.23. The van der Waals surface area contributed by atoms with Crippen LogP contribution in [0, 0.1) is 0 Å². The van der Waals surface area contributed by atoms with Crippen LogP contribution in [0.15, 0.2) is 57.3 Å². The number of benzene rings is 1. The Hall–Kier alpha value is -0.860. The van der Waals surface area contributed by atoms with Crippen molar-refractivity contribution in [3.63, 3.8) is 0 Å². The fourth-order valence-corrected chi connectivity index (χ4v) is 3.09. The molecular formula is C13H13ClOS. The topological polar surface area (TPSA) is 17.1 Å². The Morgan fingerprint density at radius 1 is 1.25 bits per heavy atom. The number of hydrogen-bond acceptors (Lipinski definition) is 1. The molecule has 1 aromatic rings. The van der Waals surface area contributed by atoms with Gasteiger partial charge in [0.1, 0.15) is 4.36 Å². The molecule has 0 aromatic heterocycles. The average Bonchev–Trinajstić information content (AvgIpc) is 2.39. The predicted octanol–water partition coefficient (Wildman–Crippen LogP) is 3.98. The molecule has 3 heteroatoms. The molecule has 0 N–H and O–H groups in total. The summed E-state index contributed by atoms with van der Waals surface area (Å²) in [6.45, 7) is 0. The number of halogens is 1. The van der Waals surface area contributed by atoms with E-state index >= 15 is 0 Å². The predicted molar refractivity (Wildman–Crippen MR) is 68.7 cm³/mol. The molecule has 16 heavy (non-hydrogen) atoms. The van der Waals surface area contributed by atoms with Crippen LogP contribution in [0.1, 0.15) is 19.3 Å². The van der Waals surface area contributed by atoms with E-state index in [9.17, 15) is 4.21 Å². The Bertz CT molecular complexity index is 448. The van der Waals surface area contributed by atoms with Gasteiger partial charge in [0.25, 0.3) is 0 Å². The van der Waals surface area contributed by atoms with Crippen LogP contribution in [0.2, 0.25) is 0 Å². The highest BCUT2D eigenvalue weighted by molar-refractivity contribution is 7.90. The maximum atomic E-state index is 12.1. The van der Waals surface area contributed by atoms with E-state index in [-0.39, 0.29) is 0 Å². The molecule has 0 bridgehead atoms. The Kier molecular flexibility index (Phi) is 3.97. The zero-order chi connectivity index (χ0) is 11.4. The fourth-order valence-electron chi connectivity index (χ4n) is 1.65. The number of allylic oxidation sites excluding steroid dienone is 3. The van der Waals surface area contributed by atoms with Crippen molar-refractivity contribution in [1.82, 2.24) is 0 Å². The second-order valence-electron chi connectivity index (χ2n) is 3.68. The molecule has 1 aliphatic rings. The maximum Gasteiger partial charge on any atom is 0.113 e. The lowest BCUT2D eigenvalue weighted by atomic mass is 10.0. The monoisotopic (exact) mass is 252 g/mol. The molecule has 0 saturated carbocycles. The molecule has 0 radical (unpaired) electrons.